The summed E-state index contributed by atoms with van der Waals surface area (Å²) >= 11 is 0. The number of piperazine rings is 1. The lowest BCUT2D eigenvalue weighted by molar-refractivity contribution is -0.139. The standard InChI is InChI=1S/C19H28N2O2/c1-16(2)8-10-18(22)20-12-14-21(15-13-20)19(23)11-9-17-6-4-3-5-7-17/h3-7,16H,8-15H2,1-2H3. The van der Waals surface area contributed by atoms with Gasteiger partial charge in [-0.1, -0.05) is 44.2 Å². The second kappa shape index (κ2) is 8.70. The molecule has 1 aliphatic heterocycles. The molecule has 2 rings (SSSR count). The molecule has 0 aliphatic carbocycles. The molecule has 0 saturated carbocycles. The molecule has 0 atom stereocenters. The number of hydrogen-bond donors (Lipinski definition) is 0. The Bertz CT molecular complexity index is 505. The first kappa shape index (κ1) is 17.5. The van der Waals surface area contributed by atoms with Crippen molar-refractivity contribution in [1.29, 1.82) is 0 Å². The predicted octanol–water partition coefficient (Wildman–Crippen LogP) is 2.73. The molecular weight excluding hydrogens is 288 g/mol. The Hall–Kier alpha value is -1.84. The van der Waals surface area contributed by atoms with E-state index in [0.29, 0.717) is 44.9 Å². The summed E-state index contributed by atoms with van der Waals surface area (Å²) in [6.45, 7) is 6.96. The van der Waals surface area contributed by atoms with Crippen molar-refractivity contribution in [2.24, 2.45) is 5.92 Å². The van der Waals surface area contributed by atoms with Gasteiger partial charge in [-0.05, 0) is 24.3 Å². The zero-order valence-corrected chi connectivity index (χ0v) is 14.3. The van der Waals surface area contributed by atoms with Crippen LogP contribution in [0.5, 0.6) is 0 Å². The lowest BCUT2D eigenvalue weighted by Gasteiger charge is -2.35. The molecule has 0 aromatic heterocycles. The summed E-state index contributed by atoms with van der Waals surface area (Å²) in [5, 5.41) is 0. The summed E-state index contributed by atoms with van der Waals surface area (Å²) < 4.78 is 0. The lowest BCUT2D eigenvalue weighted by Crippen LogP contribution is -2.50. The summed E-state index contributed by atoms with van der Waals surface area (Å²) in [7, 11) is 0. The highest BCUT2D eigenvalue weighted by Gasteiger charge is 2.23. The third-order valence-corrected chi connectivity index (χ3v) is 4.39. The number of nitrogens with zero attached hydrogens (tertiary/aromatic N) is 2. The van der Waals surface area contributed by atoms with Gasteiger partial charge in [-0.2, -0.15) is 0 Å². The van der Waals surface area contributed by atoms with E-state index in [2.05, 4.69) is 26.0 Å². The number of hydrogen-bond acceptors (Lipinski definition) is 2. The average molecular weight is 316 g/mol. The fourth-order valence-electron chi connectivity index (χ4n) is 2.83. The molecule has 2 amide bonds. The number of benzene rings is 1. The van der Waals surface area contributed by atoms with Crippen molar-refractivity contribution in [1.82, 2.24) is 9.80 Å². The normalized spacial score (nSPS) is 15.1. The fraction of sp³-hybridized carbons (Fsp3) is 0.579. The highest BCUT2D eigenvalue weighted by molar-refractivity contribution is 5.78. The van der Waals surface area contributed by atoms with Gasteiger partial charge in [0.2, 0.25) is 11.8 Å². The molecular formula is C19H28N2O2. The molecule has 0 bridgehead atoms. The van der Waals surface area contributed by atoms with E-state index in [9.17, 15) is 9.59 Å². The van der Waals surface area contributed by atoms with Crippen LogP contribution in [0.15, 0.2) is 30.3 Å². The summed E-state index contributed by atoms with van der Waals surface area (Å²) in [5.41, 5.74) is 1.20. The molecule has 126 valence electrons. The van der Waals surface area contributed by atoms with E-state index in [1.54, 1.807) is 0 Å². The van der Waals surface area contributed by atoms with Crippen LogP contribution in [0.2, 0.25) is 0 Å². The molecule has 0 unspecified atom stereocenters. The van der Waals surface area contributed by atoms with Gasteiger partial charge in [-0.3, -0.25) is 9.59 Å². The summed E-state index contributed by atoms with van der Waals surface area (Å²) in [5.74, 6) is 0.984. The van der Waals surface area contributed by atoms with Crippen molar-refractivity contribution in [3.8, 4) is 0 Å². The average Bonchev–Trinajstić information content (AvgIpc) is 2.58. The van der Waals surface area contributed by atoms with E-state index in [1.807, 2.05) is 28.0 Å². The van der Waals surface area contributed by atoms with Crippen LogP contribution < -0.4 is 0 Å². The second-order valence-electron chi connectivity index (χ2n) is 6.68. The molecule has 23 heavy (non-hydrogen) atoms. The van der Waals surface area contributed by atoms with Gasteiger partial charge >= 0.3 is 0 Å². The minimum Gasteiger partial charge on any atom is -0.339 e. The number of carbonyl (C=O) groups excluding carboxylic acids is 2. The van der Waals surface area contributed by atoms with Gasteiger partial charge in [-0.25, -0.2) is 0 Å². The van der Waals surface area contributed by atoms with E-state index >= 15 is 0 Å². The van der Waals surface area contributed by atoms with Crippen molar-refractivity contribution in [2.45, 2.75) is 39.5 Å². The first-order valence-electron chi connectivity index (χ1n) is 8.65. The van der Waals surface area contributed by atoms with E-state index in [-0.39, 0.29) is 11.8 Å². The molecule has 0 radical (unpaired) electrons. The number of rotatable bonds is 6. The smallest absolute Gasteiger partial charge is 0.223 e. The molecule has 1 aromatic rings. The lowest BCUT2D eigenvalue weighted by atomic mass is 10.1. The summed E-state index contributed by atoms with van der Waals surface area (Å²) in [6, 6.07) is 10.1. The minimum absolute atomic E-state index is 0.197. The van der Waals surface area contributed by atoms with Crippen LogP contribution in [0.25, 0.3) is 0 Å². The summed E-state index contributed by atoms with van der Waals surface area (Å²) in [6.07, 6.45) is 2.90. The Morgan fingerprint density at radius 3 is 1.96 bits per heavy atom. The van der Waals surface area contributed by atoms with Crippen LogP contribution in [-0.4, -0.2) is 47.8 Å². The van der Waals surface area contributed by atoms with Gasteiger partial charge in [0.05, 0.1) is 0 Å². The Labute approximate surface area is 139 Å². The maximum Gasteiger partial charge on any atom is 0.223 e. The van der Waals surface area contributed by atoms with Gasteiger partial charge in [0.25, 0.3) is 0 Å². The monoisotopic (exact) mass is 316 g/mol. The Morgan fingerprint density at radius 1 is 0.913 bits per heavy atom. The van der Waals surface area contributed by atoms with Crippen LogP contribution in [0, 0.1) is 5.92 Å². The summed E-state index contributed by atoms with van der Waals surface area (Å²) in [4.78, 5) is 28.2. The quantitative estimate of drug-likeness (QED) is 0.809. The highest BCUT2D eigenvalue weighted by atomic mass is 16.2. The third-order valence-electron chi connectivity index (χ3n) is 4.39. The molecule has 1 heterocycles. The zero-order valence-electron chi connectivity index (χ0n) is 14.3. The van der Waals surface area contributed by atoms with E-state index in [0.717, 1.165) is 12.8 Å². The first-order chi connectivity index (χ1) is 11.1. The van der Waals surface area contributed by atoms with Crippen molar-refractivity contribution >= 4 is 11.8 Å². The van der Waals surface area contributed by atoms with Crippen LogP contribution in [0.1, 0.15) is 38.7 Å². The van der Waals surface area contributed by atoms with Crippen molar-refractivity contribution < 1.29 is 9.59 Å². The second-order valence-corrected chi connectivity index (χ2v) is 6.68. The van der Waals surface area contributed by atoms with Gasteiger partial charge in [0.15, 0.2) is 0 Å². The highest BCUT2D eigenvalue weighted by Crippen LogP contribution is 2.11. The van der Waals surface area contributed by atoms with Crippen LogP contribution in [-0.2, 0) is 16.0 Å². The molecule has 0 N–H and O–H groups in total. The third kappa shape index (κ3) is 5.70. The van der Waals surface area contributed by atoms with Crippen LogP contribution in [0.3, 0.4) is 0 Å². The molecule has 4 nitrogen and oxygen atoms in total. The van der Waals surface area contributed by atoms with Crippen LogP contribution >= 0.6 is 0 Å². The van der Waals surface area contributed by atoms with Gasteiger partial charge in [-0.15, -0.1) is 0 Å². The molecule has 1 fully saturated rings. The number of aryl methyl sites for hydroxylation is 1. The maximum absolute atomic E-state index is 12.3. The Morgan fingerprint density at radius 2 is 1.43 bits per heavy atom. The zero-order chi connectivity index (χ0) is 16.7. The van der Waals surface area contributed by atoms with Crippen molar-refractivity contribution in [3.63, 3.8) is 0 Å². The SMILES string of the molecule is CC(C)CCC(=O)N1CCN(C(=O)CCc2ccccc2)CC1. The van der Waals surface area contributed by atoms with Crippen molar-refractivity contribution in [3.05, 3.63) is 35.9 Å². The maximum atomic E-state index is 12.3. The Balaban J connectivity index is 1.71. The van der Waals surface area contributed by atoms with E-state index < -0.39 is 0 Å². The predicted molar refractivity (Wildman–Crippen MR) is 92.0 cm³/mol. The van der Waals surface area contributed by atoms with Gasteiger partial charge in [0, 0.05) is 39.0 Å². The molecule has 0 spiro atoms. The first-order valence-corrected chi connectivity index (χ1v) is 8.65. The van der Waals surface area contributed by atoms with Gasteiger partial charge < -0.3 is 9.80 Å². The molecule has 1 aliphatic rings. The minimum atomic E-state index is 0.197. The van der Waals surface area contributed by atoms with E-state index in [1.165, 1.54) is 5.56 Å². The van der Waals surface area contributed by atoms with Crippen LogP contribution in [0.4, 0.5) is 0 Å². The molecule has 4 heteroatoms. The largest absolute Gasteiger partial charge is 0.339 e. The molecule has 1 saturated heterocycles. The fourth-order valence-corrected chi connectivity index (χ4v) is 2.83. The topological polar surface area (TPSA) is 40.6 Å². The van der Waals surface area contributed by atoms with E-state index in [4.69, 9.17) is 0 Å². The Kier molecular flexibility index (Phi) is 6.63. The number of amides is 2. The number of carbonyl (C=O) groups is 2. The van der Waals surface area contributed by atoms with Crippen molar-refractivity contribution in [2.75, 3.05) is 26.2 Å². The van der Waals surface area contributed by atoms with Gasteiger partial charge in [0.1, 0.15) is 0 Å². The molecule has 1 aromatic carbocycles.